The predicted molar refractivity (Wildman–Crippen MR) is 78.9 cm³/mol. The van der Waals surface area contributed by atoms with E-state index in [1.165, 1.54) is 7.11 Å². The molecule has 2 amide bonds. The predicted octanol–water partition coefficient (Wildman–Crippen LogP) is -0.256. The maximum Gasteiger partial charge on any atom is 0.227 e. The number of ether oxygens (including phenoxy) is 2. The van der Waals surface area contributed by atoms with Crippen molar-refractivity contribution >= 4 is 11.8 Å². The minimum absolute atomic E-state index is 0.0141. The van der Waals surface area contributed by atoms with Crippen LogP contribution in [-0.4, -0.2) is 60.7 Å². The highest BCUT2D eigenvalue weighted by molar-refractivity contribution is 5.79. The molecule has 0 saturated carbocycles. The van der Waals surface area contributed by atoms with E-state index in [2.05, 4.69) is 4.98 Å². The number of methoxy groups -OCH3 is 1. The first-order valence-corrected chi connectivity index (χ1v) is 7.12. The summed E-state index contributed by atoms with van der Waals surface area (Å²) in [6.45, 7) is 1.39. The highest BCUT2D eigenvalue weighted by atomic mass is 16.5. The Morgan fingerprint density at radius 3 is 3.00 bits per heavy atom. The van der Waals surface area contributed by atoms with E-state index in [-0.39, 0.29) is 31.9 Å². The Balaban J connectivity index is 2.08. The lowest BCUT2D eigenvalue weighted by Crippen LogP contribution is -2.50. The first-order chi connectivity index (χ1) is 10.5. The fraction of sp³-hybridized carbons (Fsp3) is 0.533. The van der Waals surface area contributed by atoms with Gasteiger partial charge in [0.25, 0.3) is 0 Å². The summed E-state index contributed by atoms with van der Waals surface area (Å²) in [6, 6.07) is 3.65. The van der Waals surface area contributed by atoms with Gasteiger partial charge in [-0.05, 0) is 11.6 Å². The Morgan fingerprint density at radius 2 is 2.36 bits per heavy atom. The molecule has 1 aliphatic rings. The van der Waals surface area contributed by atoms with E-state index in [1.54, 1.807) is 23.4 Å². The van der Waals surface area contributed by atoms with Gasteiger partial charge in [0.05, 0.1) is 32.6 Å². The molecule has 120 valence electrons. The van der Waals surface area contributed by atoms with Gasteiger partial charge >= 0.3 is 0 Å². The topological polar surface area (TPSA) is 94.7 Å². The molecule has 1 aromatic heterocycles. The number of hydrogen-bond acceptors (Lipinski definition) is 5. The largest absolute Gasteiger partial charge is 0.377 e. The fourth-order valence-corrected chi connectivity index (χ4v) is 2.53. The van der Waals surface area contributed by atoms with E-state index in [9.17, 15) is 9.59 Å². The van der Waals surface area contributed by atoms with Crippen LogP contribution in [-0.2, 0) is 25.5 Å². The molecule has 0 aliphatic carbocycles. The van der Waals surface area contributed by atoms with Gasteiger partial charge in [-0.3, -0.25) is 14.6 Å². The molecule has 1 unspecified atom stereocenters. The number of nitrogens with two attached hydrogens (primary N) is 1. The number of amides is 2. The third-order valence-corrected chi connectivity index (χ3v) is 3.71. The van der Waals surface area contributed by atoms with Crippen LogP contribution in [0.3, 0.4) is 0 Å². The molecule has 1 atom stereocenters. The Bertz CT molecular complexity index is 523. The minimum Gasteiger partial charge on any atom is -0.377 e. The number of pyridine rings is 1. The molecule has 0 aromatic carbocycles. The van der Waals surface area contributed by atoms with Crippen molar-refractivity contribution in [2.24, 2.45) is 5.73 Å². The van der Waals surface area contributed by atoms with Crippen molar-refractivity contribution in [2.45, 2.75) is 18.4 Å². The number of carbonyl (C=O) groups excluding carboxylic acids is 2. The van der Waals surface area contributed by atoms with E-state index in [1.807, 2.05) is 6.07 Å². The summed E-state index contributed by atoms with van der Waals surface area (Å²) < 4.78 is 11.0. The number of hydrogen-bond donors (Lipinski definition) is 1. The quantitative estimate of drug-likeness (QED) is 0.809. The zero-order chi connectivity index (χ0) is 16.0. The van der Waals surface area contributed by atoms with Crippen molar-refractivity contribution in [1.82, 2.24) is 9.88 Å². The zero-order valence-corrected chi connectivity index (χ0v) is 12.7. The van der Waals surface area contributed by atoms with Gasteiger partial charge < -0.3 is 20.1 Å². The first-order valence-electron chi connectivity index (χ1n) is 7.12. The zero-order valence-electron chi connectivity index (χ0n) is 12.7. The lowest BCUT2D eigenvalue weighted by atomic mass is 9.99. The Hall–Kier alpha value is -1.99. The second-order valence-electron chi connectivity index (χ2n) is 5.44. The van der Waals surface area contributed by atoms with Crippen molar-refractivity contribution in [3.63, 3.8) is 0 Å². The minimum atomic E-state index is -0.882. The molecule has 1 aliphatic heterocycles. The summed E-state index contributed by atoms with van der Waals surface area (Å²) in [5.74, 6) is -0.531. The molecule has 7 nitrogen and oxygen atoms in total. The molecular weight excluding hydrogens is 286 g/mol. The van der Waals surface area contributed by atoms with Crippen molar-refractivity contribution < 1.29 is 19.1 Å². The van der Waals surface area contributed by atoms with Gasteiger partial charge in [-0.2, -0.15) is 0 Å². The highest BCUT2D eigenvalue weighted by Crippen LogP contribution is 2.21. The van der Waals surface area contributed by atoms with E-state index < -0.39 is 11.5 Å². The fourth-order valence-electron chi connectivity index (χ4n) is 2.53. The lowest BCUT2D eigenvalue weighted by molar-refractivity contribution is -0.138. The van der Waals surface area contributed by atoms with Gasteiger partial charge in [0, 0.05) is 26.0 Å². The maximum absolute atomic E-state index is 12.5. The van der Waals surface area contributed by atoms with E-state index in [0.29, 0.717) is 13.2 Å². The molecule has 2 heterocycles. The molecule has 0 bridgehead atoms. The Labute approximate surface area is 129 Å². The van der Waals surface area contributed by atoms with Crippen LogP contribution in [0.5, 0.6) is 0 Å². The summed E-state index contributed by atoms with van der Waals surface area (Å²) in [5, 5.41) is 0. The van der Waals surface area contributed by atoms with Gasteiger partial charge in [0.15, 0.2) is 0 Å². The van der Waals surface area contributed by atoms with Crippen LogP contribution in [0.1, 0.15) is 12.0 Å². The van der Waals surface area contributed by atoms with Crippen molar-refractivity contribution in [1.29, 1.82) is 0 Å². The van der Waals surface area contributed by atoms with Gasteiger partial charge in [-0.25, -0.2) is 0 Å². The van der Waals surface area contributed by atoms with Crippen molar-refractivity contribution in [3.8, 4) is 0 Å². The number of carbonyl (C=O) groups is 2. The SMILES string of the molecule is COC1(CC(N)=O)COCCN(C(=O)Cc2cccnc2)C1. The standard InChI is InChI=1S/C15H21N3O4/c1-21-15(8-13(16)19)10-18(5-6-22-11-15)14(20)7-12-3-2-4-17-9-12/h2-4,9H,5-8,10-11H2,1H3,(H2,16,19). The van der Waals surface area contributed by atoms with Crippen LogP contribution in [0.15, 0.2) is 24.5 Å². The number of primary amides is 1. The molecule has 2 N–H and O–H groups in total. The number of aromatic nitrogens is 1. The summed E-state index contributed by atoms with van der Waals surface area (Å²) in [5.41, 5.74) is 5.26. The highest BCUT2D eigenvalue weighted by Gasteiger charge is 2.38. The first kappa shape index (κ1) is 16.4. The second-order valence-corrected chi connectivity index (χ2v) is 5.44. The van der Waals surface area contributed by atoms with Crippen LogP contribution >= 0.6 is 0 Å². The average Bonchev–Trinajstić information content (AvgIpc) is 2.71. The molecule has 22 heavy (non-hydrogen) atoms. The van der Waals surface area contributed by atoms with Gasteiger partial charge in [0.1, 0.15) is 5.60 Å². The van der Waals surface area contributed by atoms with Crippen molar-refractivity contribution in [2.75, 3.05) is 33.4 Å². The molecule has 1 saturated heterocycles. The summed E-state index contributed by atoms with van der Waals surface area (Å²) in [6.07, 6.45) is 3.60. The summed E-state index contributed by atoms with van der Waals surface area (Å²) >= 11 is 0. The van der Waals surface area contributed by atoms with Crippen LogP contribution in [0.4, 0.5) is 0 Å². The van der Waals surface area contributed by atoms with Crippen LogP contribution < -0.4 is 5.73 Å². The van der Waals surface area contributed by atoms with Gasteiger partial charge in [-0.1, -0.05) is 6.07 Å². The van der Waals surface area contributed by atoms with E-state index >= 15 is 0 Å². The normalized spacial score (nSPS) is 22.1. The third-order valence-electron chi connectivity index (χ3n) is 3.71. The average molecular weight is 307 g/mol. The van der Waals surface area contributed by atoms with Crippen LogP contribution in [0, 0.1) is 0 Å². The molecule has 1 fully saturated rings. The summed E-state index contributed by atoms with van der Waals surface area (Å²) in [4.78, 5) is 29.4. The monoisotopic (exact) mass is 307 g/mol. The number of nitrogens with zero attached hydrogens (tertiary/aromatic N) is 2. The molecule has 7 heteroatoms. The molecule has 0 radical (unpaired) electrons. The molecule has 0 spiro atoms. The van der Waals surface area contributed by atoms with Gasteiger partial charge in [-0.15, -0.1) is 0 Å². The lowest BCUT2D eigenvalue weighted by Gasteiger charge is -2.33. The third kappa shape index (κ3) is 4.25. The van der Waals surface area contributed by atoms with Crippen LogP contribution in [0.25, 0.3) is 0 Å². The number of rotatable bonds is 5. The van der Waals surface area contributed by atoms with E-state index in [4.69, 9.17) is 15.2 Å². The Morgan fingerprint density at radius 1 is 1.55 bits per heavy atom. The molecule has 2 rings (SSSR count). The maximum atomic E-state index is 12.5. The summed E-state index contributed by atoms with van der Waals surface area (Å²) in [7, 11) is 1.50. The Kier molecular flexibility index (Phi) is 5.46. The van der Waals surface area contributed by atoms with Crippen LogP contribution in [0.2, 0.25) is 0 Å². The van der Waals surface area contributed by atoms with Crippen molar-refractivity contribution in [3.05, 3.63) is 30.1 Å². The van der Waals surface area contributed by atoms with Gasteiger partial charge in [0.2, 0.25) is 11.8 Å². The molecule has 1 aromatic rings. The molecular formula is C15H21N3O4. The smallest absolute Gasteiger partial charge is 0.227 e. The second kappa shape index (κ2) is 7.33. The van der Waals surface area contributed by atoms with E-state index in [0.717, 1.165) is 5.56 Å².